The molecule has 0 saturated heterocycles. The number of nitro groups is 1. The summed E-state index contributed by atoms with van der Waals surface area (Å²) >= 11 is 0. The highest BCUT2D eigenvalue weighted by atomic mass is 16.6. The van der Waals surface area contributed by atoms with Crippen molar-refractivity contribution < 1.29 is 4.92 Å². The molecular weight excluding hydrogens is 220 g/mol. The number of nitrogens with zero attached hydrogens (tertiary/aromatic N) is 6. The van der Waals surface area contributed by atoms with Crippen LogP contribution in [0.25, 0.3) is 11.5 Å². The maximum absolute atomic E-state index is 10.5. The number of rotatable bonds is 2. The van der Waals surface area contributed by atoms with Crippen molar-refractivity contribution in [2.45, 2.75) is 0 Å². The van der Waals surface area contributed by atoms with Gasteiger partial charge in [0, 0.05) is 0 Å². The van der Waals surface area contributed by atoms with Crippen LogP contribution in [0.2, 0.25) is 0 Å². The van der Waals surface area contributed by atoms with Crippen molar-refractivity contribution in [3.05, 3.63) is 10.1 Å². The smallest absolute Gasteiger partial charge is 0.366 e. The van der Waals surface area contributed by atoms with E-state index in [0.29, 0.717) is 0 Å². The molecule has 16 heavy (non-hydrogen) atoms. The number of aromatic amines is 1. The minimum atomic E-state index is -0.719. The van der Waals surface area contributed by atoms with E-state index in [4.69, 9.17) is 11.6 Å². The van der Waals surface area contributed by atoms with Gasteiger partial charge in [0.1, 0.15) is 0 Å². The first kappa shape index (κ1) is 11.3. The maximum Gasteiger partial charge on any atom is 0.421 e. The van der Waals surface area contributed by atoms with Crippen LogP contribution in [0.4, 0.5) is 11.8 Å². The molecule has 0 saturated carbocycles. The van der Waals surface area contributed by atoms with Crippen molar-refractivity contribution >= 4 is 11.8 Å². The van der Waals surface area contributed by atoms with E-state index in [1.165, 1.54) is 0 Å². The van der Waals surface area contributed by atoms with Crippen LogP contribution in [0, 0.1) is 10.1 Å². The Hall–Kier alpha value is -2.76. The minimum absolute atomic E-state index is 0. The van der Waals surface area contributed by atoms with Crippen LogP contribution < -0.4 is 17.7 Å². The number of hydrogen-bond donors (Lipinski definition) is 4. The Morgan fingerprint density at radius 2 is 2.06 bits per heavy atom. The van der Waals surface area contributed by atoms with Gasteiger partial charge >= 0.3 is 5.82 Å². The summed E-state index contributed by atoms with van der Waals surface area (Å²) < 4.78 is 0.880. The quantitative estimate of drug-likeness (QED) is 0.265. The first-order chi connectivity index (χ1) is 7.11. The molecule has 0 atom stereocenters. The van der Waals surface area contributed by atoms with Crippen LogP contribution in [0.1, 0.15) is 0 Å². The van der Waals surface area contributed by atoms with E-state index in [9.17, 15) is 10.1 Å². The van der Waals surface area contributed by atoms with Crippen LogP contribution in [0.15, 0.2) is 0 Å². The molecule has 0 fully saturated rings. The zero-order valence-corrected chi connectivity index (χ0v) is 7.86. The summed E-state index contributed by atoms with van der Waals surface area (Å²) in [5.41, 5.74) is 5.19. The van der Waals surface area contributed by atoms with Crippen molar-refractivity contribution in [3.63, 3.8) is 0 Å². The van der Waals surface area contributed by atoms with Crippen LogP contribution in [0.5, 0.6) is 0 Å². The van der Waals surface area contributed by atoms with Crippen LogP contribution in [0.3, 0.4) is 0 Å². The maximum atomic E-state index is 10.5. The van der Waals surface area contributed by atoms with Crippen molar-refractivity contribution in [3.8, 4) is 11.5 Å². The molecule has 0 bridgehead atoms. The lowest BCUT2D eigenvalue weighted by molar-refractivity contribution is -0.388. The molecule has 0 aromatic carbocycles. The topological polar surface area (TPSA) is 202 Å². The number of nitrogens with one attached hydrogen (secondary N) is 1. The lowest BCUT2D eigenvalue weighted by atomic mass is 10.4. The summed E-state index contributed by atoms with van der Waals surface area (Å²) in [4.78, 5) is 9.81. The fraction of sp³-hybridized carbons (Fsp3) is 0. The minimum Gasteiger partial charge on any atom is -0.366 e. The number of aromatic nitrogens is 6. The number of anilines is 1. The Balaban J connectivity index is 0.00000128. The van der Waals surface area contributed by atoms with Gasteiger partial charge in [0.2, 0.25) is 17.5 Å². The van der Waals surface area contributed by atoms with Crippen LogP contribution in [-0.4, -0.2) is 35.2 Å². The third-order valence-electron chi connectivity index (χ3n) is 1.64. The van der Waals surface area contributed by atoms with E-state index >= 15 is 0 Å². The molecule has 8 N–H and O–H groups in total. The van der Waals surface area contributed by atoms with Gasteiger partial charge in [-0.05, 0) is 4.92 Å². The highest BCUT2D eigenvalue weighted by molar-refractivity contribution is 5.60. The molecule has 0 unspecified atom stereocenters. The zero-order chi connectivity index (χ0) is 11.0. The molecule has 0 radical (unpaired) electrons. The Kier molecular flexibility index (Phi) is 2.67. The molecule has 0 spiro atoms. The first-order valence-electron chi connectivity index (χ1n) is 3.62. The van der Waals surface area contributed by atoms with Gasteiger partial charge in [-0.25, -0.2) is 4.68 Å². The molecule has 2 rings (SSSR count). The standard InChI is InChI=1S/C4H5N9O2.H3N/c5-4-10-8-2(12(4)6)1-3(13(14)15)9-11-7-1;/h6H2,(H2,5,10)(H,7,9,11);1H3. The molecule has 2 aromatic rings. The molecular formula is C4H8N10O2. The van der Waals surface area contributed by atoms with E-state index in [1.807, 2.05) is 0 Å². The summed E-state index contributed by atoms with van der Waals surface area (Å²) in [5.74, 6) is 4.82. The molecule has 0 amide bonds. The normalized spacial score (nSPS) is 9.75. The van der Waals surface area contributed by atoms with Crippen molar-refractivity contribution in [1.29, 1.82) is 0 Å². The number of nitrogen functional groups attached to an aromatic ring is 2. The Morgan fingerprint density at radius 1 is 1.38 bits per heavy atom. The van der Waals surface area contributed by atoms with E-state index in [1.54, 1.807) is 0 Å². The van der Waals surface area contributed by atoms with E-state index in [-0.39, 0.29) is 23.6 Å². The fourth-order valence-corrected chi connectivity index (χ4v) is 0.968. The second-order valence-corrected chi connectivity index (χ2v) is 2.50. The largest absolute Gasteiger partial charge is 0.421 e. The second kappa shape index (κ2) is 3.77. The van der Waals surface area contributed by atoms with E-state index in [2.05, 4.69) is 25.6 Å². The molecule has 12 heteroatoms. The Labute approximate surface area is 87.3 Å². The van der Waals surface area contributed by atoms with Gasteiger partial charge in [0.15, 0.2) is 0 Å². The molecule has 0 aliphatic carbocycles. The third-order valence-corrected chi connectivity index (χ3v) is 1.64. The molecule has 12 nitrogen and oxygen atoms in total. The highest BCUT2D eigenvalue weighted by Crippen LogP contribution is 2.22. The molecule has 0 aliphatic rings. The van der Waals surface area contributed by atoms with E-state index in [0.717, 1.165) is 4.68 Å². The van der Waals surface area contributed by atoms with E-state index < -0.39 is 10.7 Å². The van der Waals surface area contributed by atoms with Crippen molar-refractivity contribution in [2.24, 2.45) is 0 Å². The Morgan fingerprint density at radius 3 is 2.56 bits per heavy atom. The summed E-state index contributed by atoms with van der Waals surface area (Å²) in [7, 11) is 0. The zero-order valence-electron chi connectivity index (χ0n) is 7.86. The average molecular weight is 228 g/mol. The highest BCUT2D eigenvalue weighted by Gasteiger charge is 2.26. The third kappa shape index (κ3) is 1.48. The summed E-state index contributed by atoms with van der Waals surface area (Å²) in [6.45, 7) is 0. The second-order valence-electron chi connectivity index (χ2n) is 2.50. The van der Waals surface area contributed by atoms with Gasteiger partial charge in [-0.2, -0.15) is 0 Å². The fourth-order valence-electron chi connectivity index (χ4n) is 0.968. The predicted octanol–water partition coefficient (Wildman–Crippen LogP) is -1.57. The Bertz CT molecular complexity index is 513. The lowest BCUT2D eigenvalue weighted by Crippen LogP contribution is -2.13. The predicted molar refractivity (Wildman–Crippen MR) is 51.6 cm³/mol. The molecule has 86 valence electrons. The van der Waals surface area contributed by atoms with Gasteiger partial charge in [0.25, 0.3) is 0 Å². The average Bonchev–Trinajstić information content (AvgIpc) is 2.75. The molecule has 0 aliphatic heterocycles. The van der Waals surface area contributed by atoms with Crippen LogP contribution in [-0.2, 0) is 0 Å². The van der Waals surface area contributed by atoms with Gasteiger partial charge in [-0.15, -0.1) is 20.5 Å². The number of H-pyrrole nitrogens is 1. The SMILES string of the molecule is N.Nc1nnc(-c2n[nH]nc2[N+](=O)[O-])n1N. The number of hydrogen-bond acceptors (Lipinski definition) is 9. The lowest BCUT2D eigenvalue weighted by Gasteiger charge is -1.96. The first-order valence-corrected chi connectivity index (χ1v) is 3.62. The van der Waals surface area contributed by atoms with Crippen molar-refractivity contribution in [1.82, 2.24) is 36.4 Å². The summed E-state index contributed by atoms with van der Waals surface area (Å²) in [6, 6.07) is 0. The van der Waals surface area contributed by atoms with Crippen LogP contribution >= 0.6 is 0 Å². The number of nitrogens with two attached hydrogens (primary N) is 2. The summed E-state index contributed by atoms with van der Waals surface area (Å²) in [5, 5.41) is 26.5. The summed E-state index contributed by atoms with van der Waals surface area (Å²) in [6.07, 6.45) is 0. The monoisotopic (exact) mass is 228 g/mol. The molecule has 2 aromatic heterocycles. The van der Waals surface area contributed by atoms with Gasteiger partial charge < -0.3 is 27.8 Å². The van der Waals surface area contributed by atoms with Gasteiger partial charge in [-0.1, -0.05) is 0 Å². The van der Waals surface area contributed by atoms with Gasteiger partial charge in [-0.3, -0.25) is 0 Å². The molecule has 2 heterocycles. The van der Waals surface area contributed by atoms with Gasteiger partial charge in [0.05, 0.1) is 5.10 Å². The van der Waals surface area contributed by atoms with Crippen molar-refractivity contribution in [2.75, 3.05) is 11.6 Å².